The zero-order valence-corrected chi connectivity index (χ0v) is 11.9. The van der Waals surface area contributed by atoms with Gasteiger partial charge in [-0.25, -0.2) is 0 Å². The normalized spacial score (nSPS) is 16.6. The molecule has 1 amide bonds. The molecular weight excluding hydrogens is 278 g/mol. The molecule has 0 aromatic heterocycles. The van der Waals surface area contributed by atoms with Gasteiger partial charge in [-0.05, 0) is 53.7 Å². The molecule has 1 fully saturated rings. The Morgan fingerprint density at radius 1 is 1.53 bits per heavy atom. The van der Waals surface area contributed by atoms with E-state index in [2.05, 4.69) is 28.2 Å². The van der Waals surface area contributed by atoms with Crippen molar-refractivity contribution in [3.8, 4) is 0 Å². The molecule has 2 nitrogen and oxygen atoms in total. The van der Waals surface area contributed by atoms with Crippen LogP contribution >= 0.6 is 15.9 Å². The molecule has 3 heteroatoms. The largest absolute Gasteiger partial charge is 0.350 e. The lowest BCUT2D eigenvalue weighted by atomic mass is 10.1. The van der Waals surface area contributed by atoms with Crippen molar-refractivity contribution in [2.24, 2.45) is 5.92 Å². The molecule has 92 valence electrons. The van der Waals surface area contributed by atoms with Crippen molar-refractivity contribution in [3.63, 3.8) is 0 Å². The first-order chi connectivity index (χ1) is 8.08. The number of nitrogens with one attached hydrogen (secondary N) is 1. The van der Waals surface area contributed by atoms with Gasteiger partial charge in [-0.15, -0.1) is 0 Å². The molecule has 1 atom stereocenters. The Bertz CT molecular complexity index is 426. The zero-order valence-electron chi connectivity index (χ0n) is 10.3. The number of benzene rings is 1. The predicted octanol–water partition coefficient (Wildman–Crippen LogP) is 3.68. The first-order valence-electron chi connectivity index (χ1n) is 6.14. The van der Waals surface area contributed by atoms with Gasteiger partial charge in [0.05, 0.1) is 5.56 Å². The summed E-state index contributed by atoms with van der Waals surface area (Å²) in [6.07, 6.45) is 3.76. The van der Waals surface area contributed by atoms with Crippen molar-refractivity contribution in [1.82, 2.24) is 5.32 Å². The van der Waals surface area contributed by atoms with E-state index in [-0.39, 0.29) is 11.9 Å². The second-order valence-electron chi connectivity index (χ2n) is 4.99. The summed E-state index contributed by atoms with van der Waals surface area (Å²) in [4.78, 5) is 12.1. The number of amides is 1. The average molecular weight is 296 g/mol. The molecule has 1 aromatic carbocycles. The number of halogens is 1. The molecule has 0 aliphatic heterocycles. The summed E-state index contributed by atoms with van der Waals surface area (Å²) in [6, 6.07) is 6.04. The second-order valence-corrected chi connectivity index (χ2v) is 5.78. The van der Waals surface area contributed by atoms with Gasteiger partial charge in [0.1, 0.15) is 0 Å². The van der Waals surface area contributed by atoms with E-state index in [4.69, 9.17) is 0 Å². The zero-order chi connectivity index (χ0) is 12.4. The fourth-order valence-electron chi connectivity index (χ4n) is 2.04. The van der Waals surface area contributed by atoms with Gasteiger partial charge in [0.25, 0.3) is 5.91 Å². The predicted molar refractivity (Wildman–Crippen MR) is 73.1 cm³/mol. The molecule has 1 aliphatic rings. The van der Waals surface area contributed by atoms with Crippen LogP contribution in [0, 0.1) is 12.8 Å². The lowest BCUT2D eigenvalue weighted by molar-refractivity contribution is 0.0936. The van der Waals surface area contributed by atoms with E-state index in [0.29, 0.717) is 0 Å². The minimum atomic E-state index is 0.0220. The van der Waals surface area contributed by atoms with Gasteiger partial charge in [0.15, 0.2) is 0 Å². The summed E-state index contributed by atoms with van der Waals surface area (Å²) >= 11 is 3.47. The average Bonchev–Trinajstić information content (AvgIpc) is 3.05. The van der Waals surface area contributed by atoms with E-state index in [9.17, 15) is 4.79 Å². The van der Waals surface area contributed by atoms with E-state index < -0.39 is 0 Å². The summed E-state index contributed by atoms with van der Waals surface area (Å²) in [7, 11) is 0. The van der Waals surface area contributed by atoms with Crippen LogP contribution in [0.15, 0.2) is 22.7 Å². The highest BCUT2D eigenvalue weighted by Crippen LogP contribution is 2.33. The van der Waals surface area contributed by atoms with Crippen molar-refractivity contribution in [3.05, 3.63) is 33.8 Å². The van der Waals surface area contributed by atoms with Crippen LogP contribution in [0.1, 0.15) is 42.1 Å². The number of carbonyl (C=O) groups is 1. The van der Waals surface area contributed by atoms with Gasteiger partial charge in [0, 0.05) is 10.5 Å². The molecule has 0 spiro atoms. The Balaban J connectivity index is 2.00. The van der Waals surface area contributed by atoms with Crippen LogP contribution in [0.4, 0.5) is 0 Å². The van der Waals surface area contributed by atoms with Gasteiger partial charge >= 0.3 is 0 Å². The van der Waals surface area contributed by atoms with E-state index in [0.717, 1.165) is 27.9 Å². The first-order valence-corrected chi connectivity index (χ1v) is 6.93. The number of rotatable bonds is 4. The Labute approximate surface area is 111 Å². The third-order valence-corrected chi connectivity index (χ3v) is 4.25. The van der Waals surface area contributed by atoms with Crippen LogP contribution in [0.5, 0.6) is 0 Å². The third-order valence-electron chi connectivity index (χ3n) is 3.20. The molecule has 2 rings (SSSR count). The fourth-order valence-corrected chi connectivity index (χ4v) is 2.48. The quantitative estimate of drug-likeness (QED) is 0.902. The summed E-state index contributed by atoms with van der Waals surface area (Å²) in [5, 5.41) is 3.07. The highest BCUT2D eigenvalue weighted by atomic mass is 79.9. The minimum absolute atomic E-state index is 0.0220. The number of hydrogen-bond donors (Lipinski definition) is 1. The Morgan fingerprint density at radius 3 is 2.88 bits per heavy atom. The maximum atomic E-state index is 12.1. The highest BCUT2D eigenvalue weighted by Gasteiger charge is 2.24. The van der Waals surface area contributed by atoms with Crippen LogP contribution in [0.25, 0.3) is 0 Å². The minimum Gasteiger partial charge on any atom is -0.350 e. The van der Waals surface area contributed by atoms with E-state index in [1.807, 2.05) is 25.1 Å². The van der Waals surface area contributed by atoms with Gasteiger partial charge < -0.3 is 5.32 Å². The summed E-state index contributed by atoms with van der Waals surface area (Å²) in [6.45, 7) is 4.08. The van der Waals surface area contributed by atoms with E-state index >= 15 is 0 Å². The van der Waals surface area contributed by atoms with Gasteiger partial charge in [0.2, 0.25) is 0 Å². The summed E-state index contributed by atoms with van der Waals surface area (Å²) < 4.78 is 0.899. The van der Waals surface area contributed by atoms with Crippen LogP contribution in [-0.4, -0.2) is 11.9 Å². The Hall–Kier alpha value is -0.830. The topological polar surface area (TPSA) is 29.1 Å². The molecule has 1 unspecified atom stereocenters. The van der Waals surface area contributed by atoms with Crippen LogP contribution in [0.3, 0.4) is 0 Å². The maximum Gasteiger partial charge on any atom is 0.252 e. The maximum absolute atomic E-state index is 12.1. The van der Waals surface area contributed by atoms with E-state index in [1.165, 1.54) is 12.8 Å². The molecule has 0 heterocycles. The Kier molecular flexibility index (Phi) is 3.87. The van der Waals surface area contributed by atoms with Gasteiger partial charge in [-0.2, -0.15) is 0 Å². The van der Waals surface area contributed by atoms with E-state index in [1.54, 1.807) is 0 Å². The number of hydrogen-bond acceptors (Lipinski definition) is 1. The highest BCUT2D eigenvalue weighted by molar-refractivity contribution is 9.10. The Morgan fingerprint density at radius 2 is 2.24 bits per heavy atom. The summed E-state index contributed by atoms with van der Waals surface area (Å²) in [5.74, 6) is 0.861. The van der Waals surface area contributed by atoms with Crippen molar-refractivity contribution >= 4 is 21.8 Å². The SMILES string of the molecule is Cc1cccc(C(=O)NC(C)CC2CC2)c1Br. The second kappa shape index (κ2) is 5.21. The van der Waals surface area contributed by atoms with Crippen molar-refractivity contribution < 1.29 is 4.79 Å². The van der Waals surface area contributed by atoms with Gasteiger partial charge in [-0.1, -0.05) is 25.0 Å². The molecule has 1 aromatic rings. The lowest BCUT2D eigenvalue weighted by Gasteiger charge is -2.14. The smallest absolute Gasteiger partial charge is 0.252 e. The third kappa shape index (κ3) is 3.32. The monoisotopic (exact) mass is 295 g/mol. The first kappa shape index (κ1) is 12.6. The lowest BCUT2D eigenvalue weighted by Crippen LogP contribution is -2.33. The van der Waals surface area contributed by atoms with Crippen LogP contribution < -0.4 is 5.32 Å². The number of carbonyl (C=O) groups excluding carboxylic acids is 1. The molecule has 1 saturated carbocycles. The number of aryl methyl sites for hydroxylation is 1. The van der Waals surface area contributed by atoms with Crippen molar-refractivity contribution in [2.75, 3.05) is 0 Å². The molecule has 0 radical (unpaired) electrons. The van der Waals surface area contributed by atoms with Crippen LogP contribution in [0.2, 0.25) is 0 Å². The van der Waals surface area contributed by atoms with Crippen molar-refractivity contribution in [1.29, 1.82) is 0 Å². The molecular formula is C14H18BrNO. The molecule has 1 N–H and O–H groups in total. The standard InChI is InChI=1S/C14H18BrNO/c1-9-4-3-5-12(13(9)15)14(17)16-10(2)8-11-6-7-11/h3-5,10-11H,6-8H2,1-2H3,(H,16,17). The van der Waals surface area contributed by atoms with Crippen LogP contribution in [-0.2, 0) is 0 Å². The fraction of sp³-hybridized carbons (Fsp3) is 0.500. The van der Waals surface area contributed by atoms with Crippen molar-refractivity contribution in [2.45, 2.75) is 39.2 Å². The summed E-state index contributed by atoms with van der Waals surface area (Å²) in [5.41, 5.74) is 1.82. The van der Waals surface area contributed by atoms with Gasteiger partial charge in [-0.3, -0.25) is 4.79 Å². The molecule has 0 saturated heterocycles. The molecule has 1 aliphatic carbocycles. The molecule has 17 heavy (non-hydrogen) atoms. The molecule has 0 bridgehead atoms.